The summed E-state index contributed by atoms with van der Waals surface area (Å²) in [6.45, 7) is 0.550. The van der Waals surface area contributed by atoms with Gasteiger partial charge in [-0.05, 0) is 31.4 Å². The lowest BCUT2D eigenvalue weighted by atomic mass is 9.84. The van der Waals surface area contributed by atoms with Crippen LogP contribution in [0.25, 0.3) is 10.6 Å². The average Bonchev–Trinajstić information content (AvgIpc) is 3.20. The van der Waals surface area contributed by atoms with Gasteiger partial charge in [-0.2, -0.15) is 0 Å². The number of nitrogens with one attached hydrogen (secondary N) is 1. The van der Waals surface area contributed by atoms with E-state index in [2.05, 4.69) is 9.71 Å². The molecule has 1 N–H and O–H groups in total. The first-order chi connectivity index (χ1) is 13.8. The third-order valence-corrected chi connectivity index (χ3v) is 7.36. The van der Waals surface area contributed by atoms with Crippen molar-refractivity contribution in [1.82, 2.24) is 14.6 Å². The monoisotopic (exact) mass is 437 g/mol. The molecule has 1 aromatic carbocycles. The molecule has 1 aliphatic carbocycles. The Hall–Kier alpha value is -1.84. The fourth-order valence-electron chi connectivity index (χ4n) is 4.05. The minimum Gasteiger partial charge on any atom is -0.337 e. The summed E-state index contributed by atoms with van der Waals surface area (Å²) in [5.41, 5.74) is 1.49. The number of benzene rings is 1. The van der Waals surface area contributed by atoms with E-state index in [0.717, 1.165) is 31.2 Å². The van der Waals surface area contributed by atoms with Crippen LogP contribution in [0.2, 0.25) is 0 Å². The highest BCUT2D eigenvalue weighted by molar-refractivity contribution is 7.88. The summed E-state index contributed by atoms with van der Waals surface area (Å²) in [6.07, 6.45) is 5.10. The molecule has 156 valence electrons. The minimum atomic E-state index is -3.38. The molecular weight excluding hydrogens is 413 g/mol. The number of carbonyl (C=O) groups is 1. The number of hydrogen-bond acceptors (Lipinski definition) is 5. The van der Waals surface area contributed by atoms with E-state index in [0.29, 0.717) is 30.0 Å². The van der Waals surface area contributed by atoms with Crippen molar-refractivity contribution in [3.63, 3.8) is 0 Å². The van der Waals surface area contributed by atoms with Gasteiger partial charge in [0.15, 0.2) is 0 Å². The zero-order chi connectivity index (χ0) is 20.6. The first-order valence-corrected chi connectivity index (χ1v) is 12.6. The number of hydrogen-bond donors (Lipinski definition) is 1. The molecule has 2 fully saturated rings. The van der Waals surface area contributed by atoms with Gasteiger partial charge < -0.3 is 4.90 Å². The highest BCUT2D eigenvalue weighted by atomic mass is 32.2. The van der Waals surface area contributed by atoms with Gasteiger partial charge in [0.25, 0.3) is 0 Å². The highest BCUT2D eigenvalue weighted by Gasteiger charge is 2.41. The number of amides is 1. The number of thiazole rings is 1. The van der Waals surface area contributed by atoms with Crippen molar-refractivity contribution in [2.24, 2.45) is 5.92 Å². The smallest absolute Gasteiger partial charge is 0.225 e. The first kappa shape index (κ1) is 20.4. The third kappa shape index (κ3) is 4.67. The molecule has 0 bridgehead atoms. The molecule has 4 rings (SSSR count). The summed E-state index contributed by atoms with van der Waals surface area (Å²) in [4.78, 5) is 19.4. The van der Waals surface area contributed by atoms with Gasteiger partial charge in [-0.3, -0.25) is 4.79 Å². The van der Waals surface area contributed by atoms with Gasteiger partial charge in [0.05, 0.1) is 18.0 Å². The Morgan fingerprint density at radius 2 is 2.14 bits per heavy atom. The van der Waals surface area contributed by atoms with E-state index in [1.165, 1.54) is 23.5 Å². The molecule has 1 saturated carbocycles. The molecule has 1 aromatic heterocycles. The maximum Gasteiger partial charge on any atom is 0.225 e. The van der Waals surface area contributed by atoms with Crippen LogP contribution in [0.5, 0.6) is 0 Å². The quantitative estimate of drug-likeness (QED) is 0.754. The lowest BCUT2D eigenvalue weighted by molar-refractivity contribution is -0.139. The van der Waals surface area contributed by atoms with Gasteiger partial charge in [-0.15, -0.1) is 11.3 Å². The molecule has 1 aliphatic heterocycles. The molecule has 2 aliphatic rings. The van der Waals surface area contributed by atoms with E-state index in [1.807, 2.05) is 16.3 Å². The van der Waals surface area contributed by atoms with Crippen molar-refractivity contribution in [2.75, 3.05) is 12.8 Å². The Balaban J connectivity index is 1.55. The second kappa shape index (κ2) is 8.12. The van der Waals surface area contributed by atoms with Crippen LogP contribution in [-0.2, 0) is 21.2 Å². The molecule has 2 heterocycles. The van der Waals surface area contributed by atoms with Crippen molar-refractivity contribution >= 4 is 27.3 Å². The molecule has 1 saturated heterocycles. The Morgan fingerprint density at radius 3 is 2.79 bits per heavy atom. The summed E-state index contributed by atoms with van der Waals surface area (Å²) in [6, 6.07) is 5.70. The normalized spacial score (nSPS) is 22.6. The van der Waals surface area contributed by atoms with Crippen LogP contribution < -0.4 is 4.72 Å². The molecular formula is C20H24FN3O3S2. The topological polar surface area (TPSA) is 79.4 Å². The van der Waals surface area contributed by atoms with Crippen LogP contribution in [0.15, 0.2) is 29.6 Å². The maximum absolute atomic E-state index is 13.5. The summed E-state index contributed by atoms with van der Waals surface area (Å²) in [5, 5.41) is 2.62. The van der Waals surface area contributed by atoms with Gasteiger partial charge in [0, 0.05) is 35.9 Å². The molecule has 29 heavy (non-hydrogen) atoms. The van der Waals surface area contributed by atoms with E-state index < -0.39 is 10.0 Å². The zero-order valence-corrected chi connectivity index (χ0v) is 17.8. The maximum atomic E-state index is 13.5. The molecule has 0 radical (unpaired) electrons. The molecule has 2 unspecified atom stereocenters. The van der Waals surface area contributed by atoms with Gasteiger partial charge in [-0.1, -0.05) is 18.6 Å². The largest absolute Gasteiger partial charge is 0.337 e. The van der Waals surface area contributed by atoms with Crippen LogP contribution in [0, 0.1) is 11.7 Å². The first-order valence-electron chi connectivity index (χ1n) is 9.78. The number of aromatic nitrogens is 1. The SMILES string of the molecule is CS(=O)(=O)NC1CCN(C(=O)C2CCC2)C1Cc1csc(-c2cccc(F)c2)n1. The van der Waals surface area contributed by atoms with Gasteiger partial charge >= 0.3 is 0 Å². The second-order valence-corrected chi connectivity index (χ2v) is 10.5. The zero-order valence-electron chi connectivity index (χ0n) is 16.2. The Morgan fingerprint density at radius 1 is 1.34 bits per heavy atom. The van der Waals surface area contributed by atoms with Crippen molar-refractivity contribution in [1.29, 1.82) is 0 Å². The van der Waals surface area contributed by atoms with Gasteiger partial charge in [0.1, 0.15) is 10.8 Å². The number of likely N-dealkylation sites (tertiary alicyclic amines) is 1. The fraction of sp³-hybridized carbons (Fsp3) is 0.500. The number of carbonyl (C=O) groups excluding carboxylic acids is 1. The lowest BCUT2D eigenvalue weighted by Gasteiger charge is -2.34. The van der Waals surface area contributed by atoms with E-state index >= 15 is 0 Å². The third-order valence-electron chi connectivity index (χ3n) is 5.69. The summed E-state index contributed by atoms with van der Waals surface area (Å²) in [7, 11) is -3.38. The number of rotatable bonds is 6. The van der Waals surface area contributed by atoms with Crippen molar-refractivity contribution < 1.29 is 17.6 Å². The Bertz CT molecular complexity index is 1000. The van der Waals surface area contributed by atoms with Crippen LogP contribution in [-0.4, -0.2) is 49.1 Å². The predicted molar refractivity (Wildman–Crippen MR) is 110 cm³/mol. The molecule has 6 nitrogen and oxygen atoms in total. The predicted octanol–water partition coefficient (Wildman–Crippen LogP) is 2.81. The van der Waals surface area contributed by atoms with Crippen LogP contribution in [0.3, 0.4) is 0 Å². The van der Waals surface area contributed by atoms with Gasteiger partial charge in [-0.25, -0.2) is 22.5 Å². The molecule has 2 atom stereocenters. The van der Waals surface area contributed by atoms with E-state index in [1.54, 1.807) is 6.07 Å². The number of nitrogens with zero attached hydrogens (tertiary/aromatic N) is 2. The minimum absolute atomic E-state index is 0.0628. The van der Waals surface area contributed by atoms with Crippen molar-refractivity contribution in [3.8, 4) is 10.6 Å². The van der Waals surface area contributed by atoms with Gasteiger partial charge in [0.2, 0.25) is 15.9 Å². The molecule has 2 aromatic rings. The summed E-state index contributed by atoms with van der Waals surface area (Å²) in [5.74, 6) is -0.128. The number of halogens is 1. The van der Waals surface area contributed by atoms with Crippen LogP contribution in [0.1, 0.15) is 31.4 Å². The lowest BCUT2D eigenvalue weighted by Crippen LogP contribution is -2.49. The Kier molecular flexibility index (Phi) is 5.72. The standard InChI is InChI=1S/C20H24FN3O3S2/c1-29(26,27)23-17-8-9-24(20(25)13-4-2-5-13)18(17)11-16-12-28-19(22-16)14-6-3-7-15(21)10-14/h3,6-7,10,12-13,17-18,23H,2,4-5,8-9,11H2,1H3. The average molecular weight is 438 g/mol. The molecule has 0 spiro atoms. The summed E-state index contributed by atoms with van der Waals surface area (Å²) < 4.78 is 39.9. The fourth-order valence-corrected chi connectivity index (χ4v) is 5.71. The highest BCUT2D eigenvalue weighted by Crippen LogP contribution is 2.33. The summed E-state index contributed by atoms with van der Waals surface area (Å²) >= 11 is 1.42. The van der Waals surface area contributed by atoms with Crippen molar-refractivity contribution in [2.45, 2.75) is 44.2 Å². The number of sulfonamides is 1. The van der Waals surface area contributed by atoms with E-state index in [9.17, 15) is 17.6 Å². The second-order valence-electron chi connectivity index (χ2n) is 7.87. The van der Waals surface area contributed by atoms with E-state index in [4.69, 9.17) is 0 Å². The molecule has 9 heteroatoms. The molecule has 1 amide bonds. The Labute approximate surface area is 174 Å². The van der Waals surface area contributed by atoms with Crippen LogP contribution in [0.4, 0.5) is 4.39 Å². The van der Waals surface area contributed by atoms with Crippen LogP contribution >= 0.6 is 11.3 Å². The van der Waals surface area contributed by atoms with E-state index in [-0.39, 0.29) is 29.7 Å². The van der Waals surface area contributed by atoms with Crippen molar-refractivity contribution in [3.05, 3.63) is 41.2 Å².